The van der Waals surface area contributed by atoms with Crippen molar-refractivity contribution in [3.8, 4) is 0 Å². The zero-order chi connectivity index (χ0) is 25.2. The number of furan rings is 1. The van der Waals surface area contributed by atoms with Crippen LogP contribution < -0.4 is 5.32 Å². The number of nitro benzene ring substituents is 1. The Morgan fingerprint density at radius 3 is 2.43 bits per heavy atom. The number of nitro groups is 1. The van der Waals surface area contributed by atoms with E-state index in [9.17, 15) is 29.3 Å². The number of nitrogens with one attached hydrogen (secondary N) is 1. The lowest BCUT2D eigenvalue weighted by Crippen LogP contribution is -2.17. The zero-order valence-corrected chi connectivity index (χ0v) is 18.3. The van der Waals surface area contributed by atoms with Crippen molar-refractivity contribution in [3.63, 3.8) is 0 Å². The summed E-state index contributed by atoms with van der Waals surface area (Å²) in [5.74, 6) is -1.50. The second-order valence-corrected chi connectivity index (χ2v) is 7.23. The molecule has 0 aliphatic heterocycles. The molecule has 178 valence electrons. The van der Waals surface area contributed by atoms with Crippen LogP contribution >= 0.6 is 0 Å². The van der Waals surface area contributed by atoms with E-state index in [1.54, 1.807) is 42.5 Å². The molecular formula is C25H20N2O8. The monoisotopic (exact) mass is 476 g/mol. The van der Waals surface area contributed by atoms with E-state index in [0.717, 1.165) is 6.07 Å². The van der Waals surface area contributed by atoms with Crippen LogP contribution in [-0.4, -0.2) is 35.0 Å². The van der Waals surface area contributed by atoms with Crippen LogP contribution in [0.5, 0.6) is 0 Å². The van der Waals surface area contributed by atoms with E-state index in [1.165, 1.54) is 30.5 Å². The highest BCUT2D eigenvalue weighted by Crippen LogP contribution is 2.14. The summed E-state index contributed by atoms with van der Waals surface area (Å²) < 4.78 is 9.99. The van der Waals surface area contributed by atoms with Crippen molar-refractivity contribution in [1.29, 1.82) is 0 Å². The second-order valence-electron chi connectivity index (χ2n) is 7.23. The molecule has 0 unspecified atom stereocenters. The fraction of sp³-hybridized carbons (Fsp3) is 0.120. The molecule has 0 saturated heterocycles. The minimum atomic E-state index is -0.761. The van der Waals surface area contributed by atoms with Gasteiger partial charge in [0, 0.05) is 35.4 Å². The van der Waals surface area contributed by atoms with Crippen molar-refractivity contribution < 1.29 is 33.3 Å². The molecule has 10 nitrogen and oxygen atoms in total. The number of amides is 1. The molecule has 0 bridgehead atoms. The maximum Gasteiger partial charge on any atom is 0.306 e. The van der Waals surface area contributed by atoms with Crippen LogP contribution in [0.4, 0.5) is 11.4 Å². The Bertz CT molecular complexity index is 1260. The first-order chi connectivity index (χ1) is 16.8. The minimum absolute atomic E-state index is 0.0446. The summed E-state index contributed by atoms with van der Waals surface area (Å²) in [4.78, 5) is 58.4. The van der Waals surface area contributed by atoms with E-state index >= 15 is 0 Å². The third-order valence-corrected chi connectivity index (χ3v) is 4.69. The van der Waals surface area contributed by atoms with Crippen LogP contribution in [0.3, 0.4) is 0 Å². The predicted molar refractivity (Wildman–Crippen MR) is 125 cm³/mol. The summed E-state index contributed by atoms with van der Waals surface area (Å²) in [6.45, 7) is -0.592. The van der Waals surface area contributed by atoms with E-state index in [1.807, 2.05) is 0 Å². The number of ether oxygens (including phenoxy) is 1. The number of esters is 1. The van der Waals surface area contributed by atoms with Crippen molar-refractivity contribution in [2.24, 2.45) is 0 Å². The Balaban J connectivity index is 1.41. The summed E-state index contributed by atoms with van der Waals surface area (Å²) in [5, 5.41) is 13.4. The first-order valence-electron chi connectivity index (χ1n) is 10.4. The summed E-state index contributed by atoms with van der Waals surface area (Å²) in [6, 6.07) is 14.7. The Morgan fingerprint density at radius 1 is 0.971 bits per heavy atom. The Labute approximate surface area is 199 Å². The molecule has 0 aliphatic carbocycles. The molecule has 1 aromatic heterocycles. The number of Topliss-reactive ketones (excluding diaryl/α,β-unsaturated/α-hetero) is 1. The largest absolute Gasteiger partial charge is 0.465 e. The second kappa shape index (κ2) is 11.8. The summed E-state index contributed by atoms with van der Waals surface area (Å²) in [5.41, 5.74) is 0.656. The van der Waals surface area contributed by atoms with E-state index < -0.39 is 29.2 Å². The molecule has 1 N–H and O–H groups in total. The highest BCUT2D eigenvalue weighted by Gasteiger charge is 2.15. The van der Waals surface area contributed by atoms with Crippen LogP contribution in [0.25, 0.3) is 6.08 Å². The van der Waals surface area contributed by atoms with Crippen molar-refractivity contribution in [1.82, 2.24) is 0 Å². The molecule has 2 aromatic carbocycles. The number of hydrogen-bond donors (Lipinski definition) is 1. The first-order valence-corrected chi connectivity index (χ1v) is 10.4. The van der Waals surface area contributed by atoms with E-state index in [2.05, 4.69) is 5.32 Å². The maximum absolute atomic E-state index is 12.2. The first kappa shape index (κ1) is 24.8. The van der Waals surface area contributed by atoms with Crippen molar-refractivity contribution in [2.75, 3.05) is 11.9 Å². The fourth-order valence-electron chi connectivity index (χ4n) is 2.89. The highest BCUT2D eigenvalue weighted by molar-refractivity contribution is 6.07. The fourth-order valence-corrected chi connectivity index (χ4v) is 2.89. The Kier molecular flexibility index (Phi) is 8.38. The Morgan fingerprint density at radius 2 is 1.74 bits per heavy atom. The van der Waals surface area contributed by atoms with Gasteiger partial charge in [0.1, 0.15) is 5.76 Å². The van der Waals surface area contributed by atoms with E-state index in [4.69, 9.17) is 9.15 Å². The Hall–Kier alpha value is -4.86. The molecule has 3 rings (SSSR count). The predicted octanol–water partition coefficient (Wildman–Crippen LogP) is 4.23. The minimum Gasteiger partial charge on any atom is -0.465 e. The van der Waals surface area contributed by atoms with Crippen LogP contribution in [0.15, 0.2) is 77.4 Å². The molecule has 0 spiro atoms. The van der Waals surface area contributed by atoms with Crippen LogP contribution in [-0.2, 0) is 14.3 Å². The van der Waals surface area contributed by atoms with Crippen LogP contribution in [0, 0.1) is 10.1 Å². The smallest absolute Gasteiger partial charge is 0.306 e. The highest BCUT2D eigenvalue weighted by atomic mass is 16.6. The molecule has 0 saturated carbocycles. The lowest BCUT2D eigenvalue weighted by molar-refractivity contribution is -0.384. The average Bonchev–Trinajstić information content (AvgIpc) is 3.39. The summed E-state index contributed by atoms with van der Waals surface area (Å²) in [7, 11) is 0. The van der Waals surface area contributed by atoms with Gasteiger partial charge in [-0.2, -0.15) is 0 Å². The average molecular weight is 476 g/mol. The third kappa shape index (κ3) is 7.60. The lowest BCUT2D eigenvalue weighted by Gasteiger charge is -2.07. The van der Waals surface area contributed by atoms with Gasteiger partial charge in [-0.1, -0.05) is 12.1 Å². The zero-order valence-electron chi connectivity index (χ0n) is 18.3. The molecule has 0 fully saturated rings. The van der Waals surface area contributed by atoms with Gasteiger partial charge in [0.25, 0.3) is 5.69 Å². The number of benzene rings is 2. The van der Waals surface area contributed by atoms with Gasteiger partial charge >= 0.3 is 5.97 Å². The number of ketones is 2. The van der Waals surface area contributed by atoms with Gasteiger partial charge in [0.2, 0.25) is 11.7 Å². The van der Waals surface area contributed by atoms with Gasteiger partial charge in [-0.15, -0.1) is 0 Å². The molecule has 10 heteroatoms. The number of anilines is 1. The number of carbonyl (C=O) groups excluding carboxylic acids is 4. The van der Waals surface area contributed by atoms with E-state index in [-0.39, 0.29) is 29.9 Å². The topological polar surface area (TPSA) is 146 Å². The maximum atomic E-state index is 12.2. The quantitative estimate of drug-likeness (QED) is 0.142. The molecule has 0 aliphatic rings. The van der Waals surface area contributed by atoms with Gasteiger partial charge in [0.05, 0.1) is 17.6 Å². The van der Waals surface area contributed by atoms with Crippen molar-refractivity contribution >= 4 is 40.9 Å². The standard InChI is InChI=1S/C25H20N2O8/c28-22(11-10-21-5-2-14-34-21)17-6-8-19(9-7-17)26-24(30)12-13-25(31)35-16-23(29)18-3-1-4-20(15-18)27(32)33/h1-11,14-15H,12-13,16H2,(H,26,30)/b11-10+. The molecule has 0 atom stereocenters. The number of allylic oxidation sites excluding steroid dienone is 1. The molecule has 0 radical (unpaired) electrons. The molecule has 1 heterocycles. The number of nitrogens with zero attached hydrogens (tertiary/aromatic N) is 1. The molecule has 3 aromatic rings. The summed E-state index contributed by atoms with van der Waals surface area (Å²) in [6.07, 6.45) is 3.98. The number of non-ortho nitro benzene ring substituents is 1. The third-order valence-electron chi connectivity index (χ3n) is 4.69. The lowest BCUT2D eigenvalue weighted by atomic mass is 10.1. The van der Waals surface area contributed by atoms with Crippen molar-refractivity contribution in [3.05, 3.63) is 100 Å². The SMILES string of the molecule is O=C(CCC(=O)OCC(=O)c1cccc([N+](=O)[O-])c1)Nc1ccc(C(=O)/C=C/c2ccco2)cc1. The van der Waals surface area contributed by atoms with Gasteiger partial charge < -0.3 is 14.5 Å². The van der Waals surface area contributed by atoms with Crippen LogP contribution in [0.2, 0.25) is 0 Å². The molecular weight excluding hydrogens is 456 g/mol. The normalized spacial score (nSPS) is 10.6. The van der Waals surface area contributed by atoms with Crippen molar-refractivity contribution in [2.45, 2.75) is 12.8 Å². The number of carbonyl (C=O) groups is 4. The van der Waals surface area contributed by atoms with Gasteiger partial charge in [-0.25, -0.2) is 0 Å². The van der Waals surface area contributed by atoms with E-state index in [0.29, 0.717) is 17.0 Å². The summed E-state index contributed by atoms with van der Waals surface area (Å²) >= 11 is 0. The molecule has 35 heavy (non-hydrogen) atoms. The van der Waals surface area contributed by atoms with Crippen LogP contribution in [0.1, 0.15) is 39.3 Å². The van der Waals surface area contributed by atoms with Gasteiger partial charge in [0.15, 0.2) is 12.4 Å². The molecule has 1 amide bonds. The van der Waals surface area contributed by atoms with Gasteiger partial charge in [-0.3, -0.25) is 29.3 Å². The van der Waals surface area contributed by atoms with Gasteiger partial charge in [-0.05, 0) is 48.6 Å². The number of hydrogen-bond acceptors (Lipinski definition) is 8. The number of rotatable bonds is 11.